The summed E-state index contributed by atoms with van der Waals surface area (Å²) in [4.78, 5) is 25.1. The van der Waals surface area contributed by atoms with E-state index in [2.05, 4.69) is 5.32 Å². The molecular weight excluding hydrogens is 276 g/mol. The highest BCUT2D eigenvalue weighted by Gasteiger charge is 2.39. The lowest BCUT2D eigenvalue weighted by atomic mass is 9.82. The van der Waals surface area contributed by atoms with E-state index in [1.807, 2.05) is 23.8 Å². The molecule has 6 heteroatoms. The molecule has 0 aromatic carbocycles. The van der Waals surface area contributed by atoms with Crippen LogP contribution in [0.4, 0.5) is 4.79 Å². The first-order valence-electron chi connectivity index (χ1n) is 6.73. The Morgan fingerprint density at radius 3 is 2.90 bits per heavy atom. The number of thiophene rings is 1. The Morgan fingerprint density at radius 1 is 1.55 bits per heavy atom. The van der Waals surface area contributed by atoms with Gasteiger partial charge in [-0.15, -0.1) is 0 Å². The molecule has 1 aliphatic rings. The molecule has 20 heavy (non-hydrogen) atoms. The second-order valence-electron chi connectivity index (χ2n) is 5.62. The number of hydrogen-bond acceptors (Lipinski definition) is 3. The van der Waals surface area contributed by atoms with Crippen molar-refractivity contribution in [1.29, 1.82) is 0 Å². The van der Waals surface area contributed by atoms with Crippen LogP contribution in [0, 0.1) is 5.41 Å². The van der Waals surface area contributed by atoms with Crippen LogP contribution in [-0.4, -0.2) is 35.1 Å². The summed E-state index contributed by atoms with van der Waals surface area (Å²) in [5.41, 5.74) is 0.239. The van der Waals surface area contributed by atoms with Gasteiger partial charge in [-0.1, -0.05) is 0 Å². The largest absolute Gasteiger partial charge is 0.481 e. The van der Waals surface area contributed by atoms with Gasteiger partial charge in [-0.3, -0.25) is 4.79 Å². The zero-order chi connectivity index (χ0) is 14.8. The maximum absolute atomic E-state index is 12.2. The minimum atomic E-state index is -0.833. The van der Waals surface area contributed by atoms with Crippen LogP contribution in [0.1, 0.15) is 38.3 Å². The molecule has 2 rings (SSSR count). The van der Waals surface area contributed by atoms with Gasteiger partial charge in [0.15, 0.2) is 0 Å². The quantitative estimate of drug-likeness (QED) is 0.901. The Hall–Kier alpha value is -1.56. The van der Waals surface area contributed by atoms with E-state index in [4.69, 9.17) is 0 Å². The van der Waals surface area contributed by atoms with Gasteiger partial charge in [-0.05, 0) is 49.1 Å². The van der Waals surface area contributed by atoms with E-state index < -0.39 is 11.4 Å². The Labute approximate surface area is 122 Å². The zero-order valence-electron chi connectivity index (χ0n) is 11.8. The number of hydrogen-bond donors (Lipinski definition) is 2. The number of likely N-dealkylation sites (tertiary alicyclic amines) is 1. The van der Waals surface area contributed by atoms with Gasteiger partial charge in [0.1, 0.15) is 0 Å². The van der Waals surface area contributed by atoms with Crippen molar-refractivity contribution in [3.63, 3.8) is 0 Å². The van der Waals surface area contributed by atoms with Crippen LogP contribution in [0.15, 0.2) is 16.8 Å². The summed E-state index contributed by atoms with van der Waals surface area (Å²) in [6, 6.07) is 1.73. The average Bonchev–Trinajstić information content (AvgIpc) is 2.92. The van der Waals surface area contributed by atoms with Crippen LogP contribution >= 0.6 is 11.3 Å². The summed E-state index contributed by atoms with van der Waals surface area (Å²) in [7, 11) is 0. The molecule has 2 amide bonds. The summed E-state index contributed by atoms with van der Waals surface area (Å²) < 4.78 is 0. The number of carbonyl (C=O) groups is 2. The predicted molar refractivity (Wildman–Crippen MR) is 77.8 cm³/mol. The molecule has 2 N–H and O–H groups in total. The molecule has 2 atom stereocenters. The first kappa shape index (κ1) is 14.8. The SMILES string of the molecule is CC(NC(=O)N1CCCC(C)(C(=O)O)C1)c1ccsc1. The molecule has 0 saturated carbocycles. The minimum absolute atomic E-state index is 0.0632. The van der Waals surface area contributed by atoms with Crippen molar-refractivity contribution in [3.8, 4) is 0 Å². The molecule has 1 aromatic rings. The molecule has 2 heterocycles. The van der Waals surface area contributed by atoms with Gasteiger partial charge in [0.25, 0.3) is 0 Å². The van der Waals surface area contributed by atoms with Crippen molar-refractivity contribution < 1.29 is 14.7 Å². The van der Waals surface area contributed by atoms with Gasteiger partial charge in [0, 0.05) is 13.1 Å². The van der Waals surface area contributed by atoms with Gasteiger partial charge < -0.3 is 15.3 Å². The number of nitrogens with one attached hydrogen (secondary N) is 1. The van der Waals surface area contributed by atoms with E-state index >= 15 is 0 Å². The normalized spacial score (nSPS) is 24.2. The number of piperidine rings is 1. The fraction of sp³-hybridized carbons (Fsp3) is 0.571. The van der Waals surface area contributed by atoms with Crippen molar-refractivity contribution in [1.82, 2.24) is 10.2 Å². The van der Waals surface area contributed by atoms with Crippen LogP contribution in [-0.2, 0) is 4.79 Å². The molecule has 1 fully saturated rings. The van der Waals surface area contributed by atoms with Crippen LogP contribution in [0.2, 0.25) is 0 Å². The summed E-state index contributed by atoms with van der Waals surface area (Å²) in [6.07, 6.45) is 1.34. The predicted octanol–water partition coefficient (Wildman–Crippen LogP) is 2.71. The summed E-state index contributed by atoms with van der Waals surface area (Å²) in [5, 5.41) is 16.2. The zero-order valence-corrected chi connectivity index (χ0v) is 12.6. The highest BCUT2D eigenvalue weighted by atomic mass is 32.1. The maximum atomic E-state index is 12.2. The van der Waals surface area contributed by atoms with Crippen LogP contribution in [0.25, 0.3) is 0 Å². The average molecular weight is 296 g/mol. The molecule has 0 bridgehead atoms. The van der Waals surface area contributed by atoms with Crippen molar-refractivity contribution in [3.05, 3.63) is 22.4 Å². The van der Waals surface area contributed by atoms with E-state index in [1.165, 1.54) is 0 Å². The van der Waals surface area contributed by atoms with E-state index in [0.29, 0.717) is 13.0 Å². The Balaban J connectivity index is 1.97. The molecule has 1 aliphatic heterocycles. The number of aliphatic carboxylic acids is 1. The molecule has 0 spiro atoms. The first-order chi connectivity index (χ1) is 9.42. The monoisotopic (exact) mass is 296 g/mol. The maximum Gasteiger partial charge on any atom is 0.317 e. The van der Waals surface area contributed by atoms with Crippen molar-refractivity contribution in [2.75, 3.05) is 13.1 Å². The van der Waals surface area contributed by atoms with Crippen molar-refractivity contribution >= 4 is 23.3 Å². The first-order valence-corrected chi connectivity index (χ1v) is 7.67. The highest BCUT2D eigenvalue weighted by Crippen LogP contribution is 2.30. The summed E-state index contributed by atoms with van der Waals surface area (Å²) >= 11 is 1.59. The molecule has 0 radical (unpaired) electrons. The van der Waals surface area contributed by atoms with Gasteiger partial charge in [-0.2, -0.15) is 11.3 Å². The van der Waals surface area contributed by atoms with E-state index in [-0.39, 0.29) is 18.6 Å². The molecule has 110 valence electrons. The number of amides is 2. The van der Waals surface area contributed by atoms with Gasteiger partial charge in [0.05, 0.1) is 11.5 Å². The number of carboxylic acid groups (broad SMARTS) is 1. The number of carbonyl (C=O) groups excluding carboxylic acids is 1. The third kappa shape index (κ3) is 3.12. The summed E-state index contributed by atoms with van der Waals surface area (Å²) in [5.74, 6) is -0.833. The Morgan fingerprint density at radius 2 is 2.30 bits per heavy atom. The molecule has 1 saturated heterocycles. The lowest BCUT2D eigenvalue weighted by molar-refractivity contribution is -0.150. The third-order valence-corrected chi connectivity index (χ3v) is 4.58. The van der Waals surface area contributed by atoms with Crippen molar-refractivity contribution in [2.24, 2.45) is 5.41 Å². The number of carboxylic acids is 1. The fourth-order valence-corrected chi connectivity index (χ4v) is 3.22. The molecule has 2 unspecified atom stereocenters. The van der Waals surface area contributed by atoms with Crippen molar-refractivity contribution in [2.45, 2.75) is 32.7 Å². The smallest absolute Gasteiger partial charge is 0.317 e. The van der Waals surface area contributed by atoms with Gasteiger partial charge >= 0.3 is 12.0 Å². The lowest BCUT2D eigenvalue weighted by Gasteiger charge is -2.37. The Kier molecular flexibility index (Phi) is 4.32. The van der Waals surface area contributed by atoms with E-state index in [9.17, 15) is 14.7 Å². The molecular formula is C14H20N2O3S. The van der Waals surface area contributed by atoms with Crippen LogP contribution < -0.4 is 5.32 Å². The fourth-order valence-electron chi connectivity index (χ4n) is 2.47. The second-order valence-corrected chi connectivity index (χ2v) is 6.40. The Bertz CT molecular complexity index is 489. The van der Waals surface area contributed by atoms with E-state index in [1.54, 1.807) is 23.2 Å². The number of nitrogens with zero attached hydrogens (tertiary/aromatic N) is 1. The lowest BCUT2D eigenvalue weighted by Crippen LogP contribution is -2.51. The summed E-state index contributed by atoms with van der Waals surface area (Å²) in [6.45, 7) is 4.52. The number of rotatable bonds is 3. The number of urea groups is 1. The van der Waals surface area contributed by atoms with Gasteiger partial charge in [0.2, 0.25) is 0 Å². The topological polar surface area (TPSA) is 69.6 Å². The second kappa shape index (κ2) is 5.83. The van der Waals surface area contributed by atoms with Crippen LogP contribution in [0.3, 0.4) is 0 Å². The minimum Gasteiger partial charge on any atom is -0.481 e. The molecule has 1 aromatic heterocycles. The van der Waals surface area contributed by atoms with E-state index in [0.717, 1.165) is 12.0 Å². The van der Waals surface area contributed by atoms with Gasteiger partial charge in [-0.25, -0.2) is 4.79 Å². The third-order valence-electron chi connectivity index (χ3n) is 3.88. The molecule has 5 nitrogen and oxygen atoms in total. The highest BCUT2D eigenvalue weighted by molar-refractivity contribution is 7.07. The standard InChI is InChI=1S/C14H20N2O3S/c1-10(11-4-7-20-8-11)15-13(19)16-6-3-5-14(2,9-16)12(17)18/h4,7-8,10H,3,5-6,9H2,1-2H3,(H,15,19)(H,17,18). The van der Waals surface area contributed by atoms with Crippen LogP contribution in [0.5, 0.6) is 0 Å². The molecule has 0 aliphatic carbocycles.